The molecule has 0 bridgehead atoms. The molecule has 2 aromatic carbocycles. The fourth-order valence-corrected chi connectivity index (χ4v) is 3.14. The van der Waals surface area contributed by atoms with E-state index in [1.54, 1.807) is 18.2 Å². The molecule has 0 atom stereocenters. The Kier molecular flexibility index (Phi) is 6.26. The number of carbonyl (C=O) groups is 1. The second kappa shape index (κ2) is 8.83. The number of hydrogen-bond donors (Lipinski definition) is 2. The molecule has 0 aromatic heterocycles. The van der Waals surface area contributed by atoms with Crippen molar-refractivity contribution in [2.75, 3.05) is 23.3 Å². The van der Waals surface area contributed by atoms with E-state index >= 15 is 0 Å². The summed E-state index contributed by atoms with van der Waals surface area (Å²) in [5.74, 6) is -0.286. The third-order valence-corrected chi connectivity index (χ3v) is 4.59. The van der Waals surface area contributed by atoms with E-state index in [1.807, 2.05) is 24.3 Å². The second-order valence-electron chi connectivity index (χ2n) is 6.07. The first kappa shape index (κ1) is 18.4. The summed E-state index contributed by atoms with van der Waals surface area (Å²) < 4.78 is 0. The van der Waals surface area contributed by atoms with Gasteiger partial charge >= 0.3 is 0 Å². The summed E-state index contributed by atoms with van der Waals surface area (Å²) in [5.41, 5.74) is 2.95. The maximum Gasteiger partial charge on any atom is 0.250 e. The van der Waals surface area contributed by atoms with Gasteiger partial charge in [0.05, 0.1) is 0 Å². The van der Waals surface area contributed by atoms with Crippen molar-refractivity contribution >= 4 is 52.3 Å². The Balaban J connectivity index is 1.49. The van der Waals surface area contributed by atoms with Gasteiger partial charge in [-0.25, -0.2) is 0 Å². The Bertz CT molecular complexity index is 797. The molecule has 3 rings (SSSR count). The van der Waals surface area contributed by atoms with Crippen molar-refractivity contribution in [3.63, 3.8) is 0 Å². The summed E-state index contributed by atoms with van der Waals surface area (Å²) >= 11 is 11.0. The Morgan fingerprint density at radius 1 is 1.04 bits per heavy atom. The van der Waals surface area contributed by atoms with Gasteiger partial charge in [0, 0.05) is 35.6 Å². The van der Waals surface area contributed by atoms with Gasteiger partial charge in [0.25, 0.3) is 0 Å². The lowest BCUT2D eigenvalue weighted by atomic mass is 10.2. The van der Waals surface area contributed by atoms with E-state index in [-0.39, 0.29) is 11.0 Å². The van der Waals surface area contributed by atoms with Crippen LogP contribution in [0.4, 0.5) is 11.4 Å². The summed E-state index contributed by atoms with van der Waals surface area (Å²) in [6.45, 7) is 2.22. The molecule has 6 heteroatoms. The molecular formula is C20H20ClN3OS. The molecular weight excluding hydrogens is 366 g/mol. The molecule has 4 nitrogen and oxygen atoms in total. The highest BCUT2D eigenvalue weighted by Crippen LogP contribution is 2.22. The topological polar surface area (TPSA) is 44.4 Å². The maximum absolute atomic E-state index is 12.0. The molecule has 0 aliphatic carbocycles. The van der Waals surface area contributed by atoms with Crippen molar-refractivity contribution in [3.8, 4) is 0 Å². The van der Waals surface area contributed by atoms with Gasteiger partial charge in [0.2, 0.25) is 5.91 Å². The Morgan fingerprint density at radius 2 is 1.69 bits per heavy atom. The van der Waals surface area contributed by atoms with Crippen LogP contribution in [0.5, 0.6) is 0 Å². The van der Waals surface area contributed by atoms with E-state index in [0.29, 0.717) is 5.02 Å². The summed E-state index contributed by atoms with van der Waals surface area (Å²) in [6.07, 6.45) is 5.64. The third-order valence-electron chi connectivity index (χ3n) is 4.13. The van der Waals surface area contributed by atoms with Crippen molar-refractivity contribution in [2.45, 2.75) is 12.8 Å². The number of benzene rings is 2. The number of nitrogens with one attached hydrogen (secondary N) is 2. The van der Waals surface area contributed by atoms with E-state index in [1.165, 1.54) is 24.6 Å². The zero-order valence-electron chi connectivity index (χ0n) is 14.2. The lowest BCUT2D eigenvalue weighted by molar-refractivity contribution is -0.115. The predicted octanol–water partition coefficient (Wildman–Crippen LogP) is 4.47. The molecule has 1 saturated heterocycles. The van der Waals surface area contributed by atoms with Gasteiger partial charge in [-0.05, 0) is 73.1 Å². The number of rotatable bonds is 4. The molecule has 2 aromatic rings. The Morgan fingerprint density at radius 3 is 2.35 bits per heavy atom. The molecule has 26 heavy (non-hydrogen) atoms. The molecule has 1 amide bonds. The largest absolute Gasteiger partial charge is 0.372 e. The van der Waals surface area contributed by atoms with Gasteiger partial charge in [0.15, 0.2) is 5.11 Å². The maximum atomic E-state index is 12.0. The van der Waals surface area contributed by atoms with E-state index in [9.17, 15) is 4.79 Å². The zero-order valence-corrected chi connectivity index (χ0v) is 15.8. The van der Waals surface area contributed by atoms with Gasteiger partial charge in [0.1, 0.15) is 0 Å². The Hall–Kier alpha value is -2.37. The molecule has 0 spiro atoms. The van der Waals surface area contributed by atoms with Crippen LogP contribution in [0.3, 0.4) is 0 Å². The van der Waals surface area contributed by atoms with Crippen LogP contribution in [0.1, 0.15) is 18.4 Å². The fraction of sp³-hybridized carbons (Fsp3) is 0.200. The van der Waals surface area contributed by atoms with Gasteiger partial charge in [-0.3, -0.25) is 10.1 Å². The first-order valence-corrected chi connectivity index (χ1v) is 9.29. The van der Waals surface area contributed by atoms with Gasteiger partial charge < -0.3 is 10.2 Å². The predicted molar refractivity (Wildman–Crippen MR) is 113 cm³/mol. The normalized spacial score (nSPS) is 13.8. The molecule has 134 valence electrons. The van der Waals surface area contributed by atoms with Crippen molar-refractivity contribution in [2.24, 2.45) is 0 Å². The van der Waals surface area contributed by atoms with E-state index in [2.05, 4.69) is 27.7 Å². The molecule has 0 saturated carbocycles. The van der Waals surface area contributed by atoms with E-state index in [0.717, 1.165) is 24.3 Å². The number of thiocarbonyl (C=S) groups is 1. The number of anilines is 2. The standard InChI is InChI=1S/C20H20ClN3OS/c21-16-6-3-15(4-7-16)5-12-19(25)23-20(26)22-17-8-10-18(11-9-17)24-13-1-2-14-24/h3-12H,1-2,13-14H2,(H2,22,23,25,26). The fourth-order valence-electron chi connectivity index (χ4n) is 2.79. The molecule has 2 N–H and O–H groups in total. The van der Waals surface area contributed by atoms with Gasteiger partial charge in [-0.1, -0.05) is 23.7 Å². The number of nitrogens with zero attached hydrogens (tertiary/aromatic N) is 1. The Labute approximate surface area is 163 Å². The highest BCUT2D eigenvalue weighted by Gasteiger charge is 2.11. The zero-order chi connectivity index (χ0) is 18.4. The minimum Gasteiger partial charge on any atom is -0.372 e. The van der Waals surface area contributed by atoms with Crippen molar-refractivity contribution in [3.05, 3.63) is 65.2 Å². The van der Waals surface area contributed by atoms with Crippen molar-refractivity contribution in [1.29, 1.82) is 0 Å². The lowest BCUT2D eigenvalue weighted by Gasteiger charge is -2.18. The number of carbonyl (C=O) groups excluding carboxylic acids is 1. The first-order valence-electron chi connectivity index (χ1n) is 8.51. The van der Waals surface area contributed by atoms with Crippen LogP contribution < -0.4 is 15.5 Å². The van der Waals surface area contributed by atoms with Crippen LogP contribution in [-0.4, -0.2) is 24.1 Å². The molecule has 1 fully saturated rings. The highest BCUT2D eigenvalue weighted by molar-refractivity contribution is 7.80. The lowest BCUT2D eigenvalue weighted by Crippen LogP contribution is -2.32. The molecule has 0 radical (unpaired) electrons. The average Bonchev–Trinajstić information content (AvgIpc) is 3.16. The number of amides is 1. The smallest absolute Gasteiger partial charge is 0.250 e. The van der Waals surface area contributed by atoms with Gasteiger partial charge in [-0.15, -0.1) is 0 Å². The van der Waals surface area contributed by atoms with Gasteiger partial charge in [-0.2, -0.15) is 0 Å². The van der Waals surface area contributed by atoms with Crippen LogP contribution in [0.2, 0.25) is 5.02 Å². The van der Waals surface area contributed by atoms with E-state index < -0.39 is 0 Å². The monoisotopic (exact) mass is 385 g/mol. The van der Waals surface area contributed by atoms with Crippen molar-refractivity contribution in [1.82, 2.24) is 5.32 Å². The van der Waals surface area contributed by atoms with Crippen LogP contribution >= 0.6 is 23.8 Å². The average molecular weight is 386 g/mol. The van der Waals surface area contributed by atoms with Crippen LogP contribution in [0, 0.1) is 0 Å². The van der Waals surface area contributed by atoms with Crippen LogP contribution in [-0.2, 0) is 4.79 Å². The third kappa shape index (κ3) is 5.31. The molecule has 1 aliphatic rings. The highest BCUT2D eigenvalue weighted by atomic mass is 35.5. The summed E-state index contributed by atoms with van der Waals surface area (Å²) in [6, 6.07) is 15.3. The summed E-state index contributed by atoms with van der Waals surface area (Å²) in [7, 11) is 0. The number of hydrogen-bond acceptors (Lipinski definition) is 3. The summed E-state index contributed by atoms with van der Waals surface area (Å²) in [4.78, 5) is 14.3. The molecule has 0 unspecified atom stereocenters. The second-order valence-corrected chi connectivity index (χ2v) is 6.91. The van der Waals surface area contributed by atoms with Crippen molar-refractivity contribution < 1.29 is 4.79 Å². The minimum atomic E-state index is -0.286. The summed E-state index contributed by atoms with van der Waals surface area (Å²) in [5, 5.41) is 6.59. The number of halogens is 1. The van der Waals surface area contributed by atoms with Crippen LogP contribution in [0.25, 0.3) is 6.08 Å². The van der Waals surface area contributed by atoms with E-state index in [4.69, 9.17) is 23.8 Å². The minimum absolute atomic E-state index is 0.268. The quantitative estimate of drug-likeness (QED) is 0.602. The molecule has 1 aliphatic heterocycles. The SMILES string of the molecule is O=C(C=Cc1ccc(Cl)cc1)NC(=S)Nc1ccc(N2CCCC2)cc1. The first-order chi connectivity index (χ1) is 12.6. The molecule has 1 heterocycles. The van der Waals surface area contributed by atoms with Crippen LogP contribution in [0.15, 0.2) is 54.6 Å².